The van der Waals surface area contributed by atoms with Gasteiger partial charge in [-0.2, -0.15) is 0 Å². The lowest BCUT2D eigenvalue weighted by Gasteiger charge is -2.06. The first-order chi connectivity index (χ1) is 5.84. The summed E-state index contributed by atoms with van der Waals surface area (Å²) >= 11 is 1.93. The Hall–Kier alpha value is -0.340. The summed E-state index contributed by atoms with van der Waals surface area (Å²) in [5, 5.41) is 3.52. The van der Waals surface area contributed by atoms with Crippen molar-refractivity contribution in [2.24, 2.45) is 0 Å². The van der Waals surface area contributed by atoms with E-state index in [1.54, 1.807) is 0 Å². The predicted octanol–water partition coefficient (Wildman–Crippen LogP) is 2.35. The normalized spacial score (nSPS) is 23.2. The van der Waals surface area contributed by atoms with Crippen LogP contribution in [0.1, 0.15) is 22.6 Å². The molecule has 0 unspecified atom stereocenters. The minimum atomic E-state index is 0.753. The van der Waals surface area contributed by atoms with Crippen LogP contribution in [0.2, 0.25) is 0 Å². The van der Waals surface area contributed by atoms with Gasteiger partial charge in [0.2, 0.25) is 0 Å². The molecule has 0 aromatic carbocycles. The van der Waals surface area contributed by atoms with E-state index >= 15 is 0 Å². The van der Waals surface area contributed by atoms with E-state index in [-0.39, 0.29) is 0 Å². The van der Waals surface area contributed by atoms with Crippen LogP contribution < -0.4 is 5.32 Å². The predicted molar refractivity (Wildman–Crippen MR) is 53.8 cm³/mol. The summed E-state index contributed by atoms with van der Waals surface area (Å²) < 4.78 is 0. The van der Waals surface area contributed by atoms with Gasteiger partial charge in [-0.05, 0) is 44.9 Å². The lowest BCUT2D eigenvalue weighted by molar-refractivity contribution is 0.608. The summed E-state index contributed by atoms with van der Waals surface area (Å²) in [6.45, 7) is 3.39. The van der Waals surface area contributed by atoms with Gasteiger partial charge in [0, 0.05) is 15.8 Å². The van der Waals surface area contributed by atoms with Crippen molar-refractivity contribution in [3.05, 3.63) is 21.9 Å². The third-order valence-electron chi connectivity index (χ3n) is 2.41. The minimum absolute atomic E-state index is 0.753. The van der Waals surface area contributed by atoms with Gasteiger partial charge in [0.05, 0.1) is 0 Å². The number of hydrogen-bond donors (Lipinski definition) is 1. The van der Waals surface area contributed by atoms with E-state index in [0.29, 0.717) is 0 Å². The number of thiophene rings is 1. The van der Waals surface area contributed by atoms with E-state index in [9.17, 15) is 0 Å². The Morgan fingerprint density at radius 2 is 2.50 bits per heavy atom. The first-order valence-electron chi connectivity index (χ1n) is 4.63. The fourth-order valence-electron chi connectivity index (χ4n) is 1.77. The second kappa shape index (κ2) is 3.58. The molecule has 2 heterocycles. The molecule has 1 N–H and O–H groups in total. The molecular formula is C10H15NS. The maximum Gasteiger partial charge on any atom is 0.0116 e. The van der Waals surface area contributed by atoms with E-state index in [4.69, 9.17) is 0 Å². The molecule has 1 aliphatic heterocycles. The standard InChI is InChI=1S/C10H15NS/c1-8-4-5-10(12-8)7-9-3-2-6-11-9/h4-5,9,11H,2-3,6-7H2,1H3/t9-/m0/s1. The first kappa shape index (κ1) is 8.27. The van der Waals surface area contributed by atoms with Crippen LogP contribution >= 0.6 is 11.3 Å². The molecular weight excluding hydrogens is 166 g/mol. The molecule has 12 heavy (non-hydrogen) atoms. The average Bonchev–Trinajstić information content (AvgIpc) is 2.63. The summed E-state index contributed by atoms with van der Waals surface area (Å²) in [7, 11) is 0. The van der Waals surface area contributed by atoms with Crippen molar-refractivity contribution in [3.8, 4) is 0 Å². The zero-order valence-electron chi connectivity index (χ0n) is 7.47. The lowest BCUT2D eigenvalue weighted by atomic mass is 10.1. The zero-order chi connectivity index (χ0) is 8.39. The van der Waals surface area contributed by atoms with Gasteiger partial charge in [-0.25, -0.2) is 0 Å². The third kappa shape index (κ3) is 1.87. The van der Waals surface area contributed by atoms with Crippen molar-refractivity contribution in [3.63, 3.8) is 0 Å². The molecule has 0 bridgehead atoms. The van der Waals surface area contributed by atoms with E-state index in [2.05, 4.69) is 24.4 Å². The molecule has 0 spiro atoms. The van der Waals surface area contributed by atoms with Crippen molar-refractivity contribution in [1.29, 1.82) is 0 Å². The van der Waals surface area contributed by atoms with Gasteiger partial charge in [0.15, 0.2) is 0 Å². The van der Waals surface area contributed by atoms with Gasteiger partial charge < -0.3 is 5.32 Å². The summed E-state index contributed by atoms with van der Waals surface area (Å²) in [5.74, 6) is 0. The van der Waals surface area contributed by atoms with Gasteiger partial charge in [-0.15, -0.1) is 11.3 Å². The Morgan fingerprint density at radius 3 is 3.08 bits per heavy atom. The van der Waals surface area contributed by atoms with E-state index < -0.39 is 0 Å². The third-order valence-corrected chi connectivity index (χ3v) is 3.43. The first-order valence-corrected chi connectivity index (χ1v) is 5.45. The summed E-state index contributed by atoms with van der Waals surface area (Å²) in [6.07, 6.45) is 3.95. The fourth-order valence-corrected chi connectivity index (χ4v) is 2.74. The van der Waals surface area contributed by atoms with Gasteiger partial charge in [-0.1, -0.05) is 0 Å². The van der Waals surface area contributed by atoms with Crippen LogP contribution in [-0.2, 0) is 6.42 Å². The minimum Gasteiger partial charge on any atom is -0.314 e. The molecule has 0 amide bonds. The number of aryl methyl sites for hydroxylation is 1. The van der Waals surface area contributed by atoms with Crippen molar-refractivity contribution in [2.45, 2.75) is 32.2 Å². The highest BCUT2D eigenvalue weighted by atomic mass is 32.1. The summed E-state index contributed by atoms with van der Waals surface area (Å²) in [5.41, 5.74) is 0. The Kier molecular flexibility index (Phi) is 2.47. The van der Waals surface area contributed by atoms with Crippen molar-refractivity contribution < 1.29 is 0 Å². The molecule has 1 fully saturated rings. The molecule has 1 nitrogen and oxygen atoms in total. The molecule has 0 aliphatic carbocycles. The monoisotopic (exact) mass is 181 g/mol. The number of nitrogens with one attached hydrogen (secondary N) is 1. The van der Waals surface area contributed by atoms with Crippen LogP contribution in [0.3, 0.4) is 0 Å². The smallest absolute Gasteiger partial charge is 0.0116 e. The molecule has 0 saturated carbocycles. The van der Waals surface area contributed by atoms with Crippen LogP contribution in [0.4, 0.5) is 0 Å². The molecule has 66 valence electrons. The summed E-state index contributed by atoms with van der Waals surface area (Å²) in [6, 6.07) is 5.23. The highest BCUT2D eigenvalue weighted by molar-refractivity contribution is 7.11. The molecule has 1 aromatic rings. The lowest BCUT2D eigenvalue weighted by Crippen LogP contribution is -2.23. The van der Waals surface area contributed by atoms with Gasteiger partial charge in [-0.3, -0.25) is 0 Å². The van der Waals surface area contributed by atoms with Crippen molar-refractivity contribution in [2.75, 3.05) is 6.54 Å². The van der Waals surface area contributed by atoms with Gasteiger partial charge >= 0.3 is 0 Å². The highest BCUT2D eigenvalue weighted by Crippen LogP contribution is 2.19. The van der Waals surface area contributed by atoms with Crippen LogP contribution in [0, 0.1) is 6.92 Å². The van der Waals surface area contributed by atoms with Crippen LogP contribution in [-0.4, -0.2) is 12.6 Å². The zero-order valence-corrected chi connectivity index (χ0v) is 8.29. The van der Waals surface area contributed by atoms with Crippen LogP contribution in [0.15, 0.2) is 12.1 Å². The SMILES string of the molecule is Cc1ccc(C[C@@H]2CCCN2)s1. The quantitative estimate of drug-likeness (QED) is 0.738. The fraction of sp³-hybridized carbons (Fsp3) is 0.600. The maximum atomic E-state index is 3.52. The average molecular weight is 181 g/mol. The van der Waals surface area contributed by atoms with E-state index in [0.717, 1.165) is 6.04 Å². The van der Waals surface area contributed by atoms with Crippen molar-refractivity contribution in [1.82, 2.24) is 5.32 Å². The molecule has 1 aliphatic rings. The van der Waals surface area contributed by atoms with Crippen LogP contribution in [0.5, 0.6) is 0 Å². The molecule has 0 radical (unpaired) electrons. The second-order valence-electron chi connectivity index (χ2n) is 3.51. The van der Waals surface area contributed by atoms with Crippen molar-refractivity contribution >= 4 is 11.3 Å². The molecule has 1 atom stereocenters. The Labute approximate surface area is 77.8 Å². The van der Waals surface area contributed by atoms with E-state index in [1.165, 1.54) is 35.6 Å². The Morgan fingerprint density at radius 1 is 1.58 bits per heavy atom. The molecule has 1 saturated heterocycles. The topological polar surface area (TPSA) is 12.0 Å². The van der Waals surface area contributed by atoms with Gasteiger partial charge in [0.25, 0.3) is 0 Å². The second-order valence-corrected chi connectivity index (χ2v) is 4.88. The van der Waals surface area contributed by atoms with E-state index in [1.807, 2.05) is 11.3 Å². The number of rotatable bonds is 2. The maximum absolute atomic E-state index is 3.52. The Bertz CT molecular complexity index is 248. The molecule has 2 heteroatoms. The van der Waals surface area contributed by atoms with Gasteiger partial charge in [0.1, 0.15) is 0 Å². The summed E-state index contributed by atoms with van der Waals surface area (Å²) in [4.78, 5) is 2.97. The molecule has 2 rings (SSSR count). The van der Waals surface area contributed by atoms with Crippen LogP contribution in [0.25, 0.3) is 0 Å². The largest absolute Gasteiger partial charge is 0.314 e. The number of hydrogen-bond acceptors (Lipinski definition) is 2. The molecule has 1 aromatic heterocycles. The Balaban J connectivity index is 1.94. The highest BCUT2D eigenvalue weighted by Gasteiger charge is 2.14.